The number of fused-ring (bicyclic) bond motifs is 2. The summed E-state index contributed by atoms with van der Waals surface area (Å²) in [7, 11) is -3.03. The lowest BCUT2D eigenvalue weighted by molar-refractivity contribution is 0.286. The largest absolute Gasteiger partial charge is 0.464 e. The third-order valence-corrected chi connectivity index (χ3v) is 16.2. The normalized spacial score (nSPS) is 15.2. The van der Waals surface area contributed by atoms with Crippen molar-refractivity contribution in [1.82, 2.24) is 19.9 Å². The molecule has 0 unspecified atom stereocenters. The zero-order chi connectivity index (χ0) is 40.1. The highest BCUT2D eigenvalue weighted by atomic mass is 28.4. The Morgan fingerprint density at radius 2 is 1.61 bits per heavy atom. The second-order valence-electron chi connectivity index (χ2n) is 16.2. The van der Waals surface area contributed by atoms with Gasteiger partial charge in [-0.25, -0.2) is 23.1 Å². The van der Waals surface area contributed by atoms with E-state index in [2.05, 4.69) is 64.2 Å². The van der Waals surface area contributed by atoms with E-state index in [1.807, 2.05) is 66.4 Å². The van der Waals surface area contributed by atoms with Crippen LogP contribution < -0.4 is 26.3 Å². The summed E-state index contributed by atoms with van der Waals surface area (Å²) in [4.78, 5) is 26.5. The summed E-state index contributed by atoms with van der Waals surface area (Å²) in [6.07, 6.45) is 1.44. The standard InChI is InChI=1S/C46H47F2N5O3Si/c1-29(2)35-19-13-14-32(28-56-57(46(4,5)6,33-15-9-7-10-16-33)34-17-11-8-12-18-34)41(35)53-44-36(43(51-45(53)54)52-24-23-49-27-30(52)3)26-38(48)40(50-44)39-37(47)21-20-31-22-25-55-42(31)39/h7-22,25-26,29-30,49H,23-24,27-28H2,1-6H3/t30-/m0/s1. The molecular weight excluding hydrogens is 737 g/mol. The Balaban J connectivity index is 1.40. The third-order valence-electron chi connectivity index (χ3n) is 11.2. The third kappa shape index (κ3) is 6.67. The van der Waals surface area contributed by atoms with Crippen LogP contribution in [0.4, 0.5) is 14.6 Å². The van der Waals surface area contributed by atoms with E-state index < -0.39 is 25.6 Å². The van der Waals surface area contributed by atoms with E-state index in [0.717, 1.165) is 21.5 Å². The van der Waals surface area contributed by atoms with Crippen molar-refractivity contribution in [3.05, 3.63) is 143 Å². The fraction of sp³-hybridized carbons (Fsp3) is 0.283. The molecule has 8 nitrogen and oxygen atoms in total. The molecular formula is C46H47F2N5O3Si. The molecule has 11 heteroatoms. The van der Waals surface area contributed by atoms with Gasteiger partial charge in [-0.1, -0.05) is 113 Å². The quantitative estimate of drug-likeness (QED) is 0.147. The molecule has 0 radical (unpaired) electrons. The number of aromatic nitrogens is 3. The molecule has 1 saturated heterocycles. The first kappa shape index (κ1) is 38.4. The van der Waals surface area contributed by atoms with Gasteiger partial charge in [-0.2, -0.15) is 4.98 Å². The zero-order valence-electron chi connectivity index (χ0n) is 33.1. The molecule has 1 N–H and O–H groups in total. The predicted octanol–water partition coefficient (Wildman–Crippen LogP) is 8.47. The molecule has 57 heavy (non-hydrogen) atoms. The number of nitrogens with one attached hydrogen (secondary N) is 1. The maximum Gasteiger partial charge on any atom is 0.355 e. The molecule has 1 aliphatic rings. The van der Waals surface area contributed by atoms with Crippen molar-refractivity contribution in [1.29, 1.82) is 0 Å². The molecule has 292 valence electrons. The smallest absolute Gasteiger partial charge is 0.355 e. The molecule has 1 atom stereocenters. The average molecular weight is 784 g/mol. The molecule has 0 amide bonds. The highest BCUT2D eigenvalue weighted by Gasteiger charge is 2.50. The van der Waals surface area contributed by atoms with Crippen LogP contribution in [0.15, 0.2) is 119 Å². The molecule has 0 spiro atoms. The first-order valence-electron chi connectivity index (χ1n) is 19.5. The molecule has 0 aliphatic carbocycles. The van der Waals surface area contributed by atoms with Crippen LogP contribution in [-0.4, -0.2) is 48.5 Å². The maximum absolute atomic E-state index is 16.6. The fourth-order valence-electron chi connectivity index (χ4n) is 8.50. The summed E-state index contributed by atoms with van der Waals surface area (Å²) >= 11 is 0. The Hall–Kier alpha value is -5.49. The van der Waals surface area contributed by atoms with Gasteiger partial charge < -0.3 is 19.1 Å². The summed E-state index contributed by atoms with van der Waals surface area (Å²) < 4.78 is 47.1. The lowest BCUT2D eigenvalue weighted by Gasteiger charge is -2.43. The number of halogens is 2. The van der Waals surface area contributed by atoms with Crippen LogP contribution in [0.25, 0.3) is 38.9 Å². The van der Waals surface area contributed by atoms with Gasteiger partial charge in [-0.05, 0) is 58.1 Å². The SMILES string of the molecule is CC(C)c1cccc(CO[Si](c2ccccc2)(c2ccccc2)C(C)(C)C)c1-n1c(=O)nc(N2CCNC[C@@H]2C)c2cc(F)c(-c3c(F)ccc4ccoc34)nc21. The van der Waals surface area contributed by atoms with Crippen LogP contribution in [0.5, 0.6) is 0 Å². The van der Waals surface area contributed by atoms with E-state index in [1.165, 1.54) is 23.0 Å². The summed E-state index contributed by atoms with van der Waals surface area (Å²) in [6.45, 7) is 14.9. The van der Waals surface area contributed by atoms with Crippen LogP contribution in [0.1, 0.15) is 58.6 Å². The first-order valence-corrected chi connectivity index (χ1v) is 21.5. The number of nitrogens with zero attached hydrogens (tertiary/aromatic N) is 4. The fourth-order valence-corrected chi connectivity index (χ4v) is 13.0. The molecule has 7 aromatic rings. The summed E-state index contributed by atoms with van der Waals surface area (Å²) in [5, 5.41) is 6.27. The Labute approximate surface area is 332 Å². The number of para-hydroxylation sites is 1. The number of rotatable bonds is 9. The number of pyridine rings is 1. The van der Waals surface area contributed by atoms with E-state index in [4.69, 9.17) is 18.8 Å². The van der Waals surface area contributed by atoms with Crippen molar-refractivity contribution < 1.29 is 17.6 Å². The van der Waals surface area contributed by atoms with Crippen LogP contribution in [0.3, 0.4) is 0 Å². The van der Waals surface area contributed by atoms with E-state index in [0.29, 0.717) is 41.9 Å². The number of hydrogen-bond donors (Lipinski definition) is 1. The molecule has 4 aromatic carbocycles. The highest BCUT2D eigenvalue weighted by molar-refractivity contribution is 6.99. The number of benzene rings is 4. The second kappa shape index (κ2) is 15.1. The van der Waals surface area contributed by atoms with Crippen molar-refractivity contribution in [2.75, 3.05) is 24.5 Å². The molecule has 8 rings (SSSR count). The lowest BCUT2D eigenvalue weighted by atomic mass is 9.97. The van der Waals surface area contributed by atoms with Crippen LogP contribution in [0.2, 0.25) is 5.04 Å². The van der Waals surface area contributed by atoms with Crippen molar-refractivity contribution in [2.45, 2.75) is 65.1 Å². The summed E-state index contributed by atoms with van der Waals surface area (Å²) in [5.41, 5.74) is 1.55. The first-order chi connectivity index (χ1) is 27.4. The Morgan fingerprint density at radius 1 is 0.912 bits per heavy atom. The predicted molar refractivity (Wildman–Crippen MR) is 226 cm³/mol. The molecule has 0 saturated carbocycles. The van der Waals surface area contributed by atoms with Gasteiger partial charge in [-0.3, -0.25) is 0 Å². The van der Waals surface area contributed by atoms with E-state index in [9.17, 15) is 4.79 Å². The van der Waals surface area contributed by atoms with E-state index >= 15 is 8.78 Å². The molecule has 3 aromatic heterocycles. The topological polar surface area (TPSA) is 85.4 Å². The van der Waals surface area contributed by atoms with Gasteiger partial charge in [0.15, 0.2) is 11.5 Å². The number of piperazine rings is 1. The van der Waals surface area contributed by atoms with Crippen molar-refractivity contribution >= 4 is 46.5 Å². The highest BCUT2D eigenvalue weighted by Crippen LogP contribution is 2.40. The van der Waals surface area contributed by atoms with Gasteiger partial charge in [0.05, 0.1) is 29.5 Å². The van der Waals surface area contributed by atoms with Crippen LogP contribution in [0, 0.1) is 11.6 Å². The van der Waals surface area contributed by atoms with Gasteiger partial charge in [0, 0.05) is 36.6 Å². The van der Waals surface area contributed by atoms with Crippen LogP contribution in [-0.2, 0) is 11.0 Å². The average Bonchev–Trinajstić information content (AvgIpc) is 3.68. The Morgan fingerprint density at radius 3 is 2.26 bits per heavy atom. The molecule has 4 heterocycles. The molecule has 1 aliphatic heterocycles. The maximum atomic E-state index is 16.6. The molecule has 1 fully saturated rings. The number of furan rings is 1. The van der Waals surface area contributed by atoms with Crippen molar-refractivity contribution in [3.8, 4) is 16.9 Å². The van der Waals surface area contributed by atoms with Gasteiger partial charge in [0.25, 0.3) is 8.32 Å². The van der Waals surface area contributed by atoms with E-state index in [1.54, 1.807) is 12.1 Å². The number of anilines is 1. The van der Waals surface area contributed by atoms with Crippen LogP contribution >= 0.6 is 0 Å². The van der Waals surface area contributed by atoms with Crippen molar-refractivity contribution in [2.24, 2.45) is 0 Å². The minimum absolute atomic E-state index is 0.0416. The monoisotopic (exact) mass is 783 g/mol. The van der Waals surface area contributed by atoms with Gasteiger partial charge in [0.1, 0.15) is 22.9 Å². The van der Waals surface area contributed by atoms with Gasteiger partial charge in [-0.15, -0.1) is 0 Å². The summed E-state index contributed by atoms with van der Waals surface area (Å²) in [6, 6.07) is 32.6. The van der Waals surface area contributed by atoms with Crippen molar-refractivity contribution in [3.63, 3.8) is 0 Å². The summed E-state index contributed by atoms with van der Waals surface area (Å²) in [5.74, 6) is -1.16. The minimum Gasteiger partial charge on any atom is -0.464 e. The Kier molecular flexibility index (Phi) is 10.2. The van der Waals surface area contributed by atoms with E-state index in [-0.39, 0.29) is 46.1 Å². The zero-order valence-corrected chi connectivity index (χ0v) is 34.1. The Bertz CT molecular complexity index is 2600. The molecule has 0 bridgehead atoms. The van der Waals surface area contributed by atoms with Gasteiger partial charge in [0.2, 0.25) is 0 Å². The number of hydrogen-bond acceptors (Lipinski definition) is 7. The minimum atomic E-state index is -3.03. The van der Waals surface area contributed by atoms with Gasteiger partial charge >= 0.3 is 5.69 Å². The second-order valence-corrected chi connectivity index (χ2v) is 20.5. The lowest BCUT2D eigenvalue weighted by Crippen LogP contribution is -2.66.